The third-order valence-corrected chi connectivity index (χ3v) is 7.06. The van der Waals surface area contributed by atoms with Crippen molar-refractivity contribution in [2.75, 3.05) is 0 Å². The van der Waals surface area contributed by atoms with Crippen molar-refractivity contribution >= 4 is 11.9 Å². The van der Waals surface area contributed by atoms with E-state index in [1.165, 1.54) is 69.8 Å². The van der Waals surface area contributed by atoms with Gasteiger partial charge in [-0.25, -0.2) is 9.59 Å². The van der Waals surface area contributed by atoms with Crippen LogP contribution in [0, 0.1) is 11.8 Å². The number of carboxylic acids is 2. The maximum absolute atomic E-state index is 11.2. The molecule has 1 saturated heterocycles. The van der Waals surface area contributed by atoms with Gasteiger partial charge < -0.3 is 19.7 Å². The van der Waals surface area contributed by atoms with E-state index in [2.05, 4.69) is 6.92 Å². The van der Waals surface area contributed by atoms with Gasteiger partial charge in [0.2, 0.25) is 0 Å². The van der Waals surface area contributed by atoms with E-state index >= 15 is 0 Å². The average molecular weight is 447 g/mol. The Kier molecular flexibility index (Phi) is 9.54. The summed E-state index contributed by atoms with van der Waals surface area (Å²) in [6, 6.07) is 7.66. The van der Waals surface area contributed by atoms with Crippen LogP contribution in [0.2, 0.25) is 0 Å². The highest BCUT2D eigenvalue weighted by atomic mass is 16.7. The van der Waals surface area contributed by atoms with Gasteiger partial charge in [0.1, 0.15) is 0 Å². The summed E-state index contributed by atoms with van der Waals surface area (Å²) in [4.78, 5) is 22.4. The summed E-state index contributed by atoms with van der Waals surface area (Å²) in [5.74, 6) is -0.787. The molecular weight excluding hydrogens is 408 g/mol. The van der Waals surface area contributed by atoms with Gasteiger partial charge >= 0.3 is 11.9 Å². The van der Waals surface area contributed by atoms with Crippen LogP contribution in [0.15, 0.2) is 24.3 Å². The standard InChI is InChI=1S/C26H38O6/c1-2-3-4-7-18-10-12-19(13-11-18)8-5-6-9-20-14-16-21(17-15-20)26-31-22(24(27)28)23(32-26)25(29)30/h14-19,22-23,26H,2-13H2,1H3,(H,27,28)(H,29,30)/t18?,19?,22-,23-/m1/s1. The molecule has 32 heavy (non-hydrogen) atoms. The minimum Gasteiger partial charge on any atom is -0.479 e. The summed E-state index contributed by atoms with van der Waals surface area (Å²) in [5, 5.41) is 18.3. The highest BCUT2D eigenvalue weighted by molar-refractivity contribution is 5.84. The van der Waals surface area contributed by atoms with E-state index in [9.17, 15) is 9.59 Å². The molecule has 0 spiro atoms. The number of unbranched alkanes of at least 4 members (excludes halogenated alkanes) is 3. The Morgan fingerprint density at radius 2 is 1.31 bits per heavy atom. The summed E-state index contributed by atoms with van der Waals surface area (Å²) in [6.07, 6.45) is 12.0. The molecule has 6 heteroatoms. The molecule has 1 aromatic carbocycles. The molecule has 1 aromatic rings. The number of hydrogen-bond donors (Lipinski definition) is 2. The maximum Gasteiger partial charge on any atom is 0.336 e. The van der Waals surface area contributed by atoms with Gasteiger partial charge in [-0.15, -0.1) is 0 Å². The first kappa shape index (κ1) is 24.7. The van der Waals surface area contributed by atoms with E-state index in [0.717, 1.165) is 24.7 Å². The predicted octanol–water partition coefficient (Wildman–Crippen LogP) is 5.74. The van der Waals surface area contributed by atoms with Crippen molar-refractivity contribution in [1.82, 2.24) is 0 Å². The molecule has 0 unspecified atom stereocenters. The van der Waals surface area contributed by atoms with Crippen LogP contribution in [0.1, 0.15) is 95.0 Å². The third kappa shape index (κ3) is 7.04. The van der Waals surface area contributed by atoms with Crippen molar-refractivity contribution in [1.29, 1.82) is 0 Å². The van der Waals surface area contributed by atoms with Crippen LogP contribution in [0.4, 0.5) is 0 Å². The van der Waals surface area contributed by atoms with Crippen LogP contribution < -0.4 is 0 Å². The normalized spacial score (nSPS) is 26.3. The Bertz CT molecular complexity index is 700. The second-order valence-corrected chi connectivity index (χ2v) is 9.49. The Morgan fingerprint density at radius 3 is 1.78 bits per heavy atom. The first-order valence-electron chi connectivity index (χ1n) is 12.3. The molecule has 2 aliphatic rings. The van der Waals surface area contributed by atoms with Crippen molar-refractivity contribution in [3.05, 3.63) is 35.4 Å². The zero-order valence-electron chi connectivity index (χ0n) is 19.2. The lowest BCUT2D eigenvalue weighted by molar-refractivity contribution is -0.156. The molecule has 2 atom stereocenters. The number of aliphatic carboxylic acids is 2. The van der Waals surface area contributed by atoms with Crippen LogP contribution >= 0.6 is 0 Å². The highest BCUT2D eigenvalue weighted by Gasteiger charge is 2.46. The van der Waals surface area contributed by atoms with Gasteiger partial charge in [0.15, 0.2) is 18.5 Å². The zero-order chi connectivity index (χ0) is 22.9. The van der Waals surface area contributed by atoms with E-state index in [0.29, 0.717) is 5.56 Å². The van der Waals surface area contributed by atoms with E-state index in [-0.39, 0.29) is 0 Å². The first-order chi connectivity index (χ1) is 15.5. The molecule has 0 radical (unpaired) electrons. The topological polar surface area (TPSA) is 93.1 Å². The minimum atomic E-state index is -1.50. The van der Waals surface area contributed by atoms with Gasteiger partial charge in [0, 0.05) is 5.56 Å². The van der Waals surface area contributed by atoms with Crippen LogP contribution in [0.5, 0.6) is 0 Å². The molecule has 2 fully saturated rings. The second-order valence-electron chi connectivity index (χ2n) is 9.49. The van der Waals surface area contributed by atoms with Crippen molar-refractivity contribution in [2.45, 2.75) is 102 Å². The lowest BCUT2D eigenvalue weighted by Gasteiger charge is -2.28. The fourth-order valence-electron chi connectivity index (χ4n) is 5.07. The molecule has 0 amide bonds. The molecule has 1 heterocycles. The summed E-state index contributed by atoms with van der Waals surface area (Å²) >= 11 is 0. The lowest BCUT2D eigenvalue weighted by Crippen LogP contribution is -2.36. The van der Waals surface area contributed by atoms with Crippen LogP contribution in [0.25, 0.3) is 0 Å². The third-order valence-electron chi connectivity index (χ3n) is 7.06. The molecule has 1 saturated carbocycles. The van der Waals surface area contributed by atoms with Crippen molar-refractivity contribution in [3.63, 3.8) is 0 Å². The fourth-order valence-corrected chi connectivity index (χ4v) is 5.07. The quantitative estimate of drug-likeness (QED) is 0.398. The smallest absolute Gasteiger partial charge is 0.336 e. The van der Waals surface area contributed by atoms with Gasteiger partial charge in [-0.05, 0) is 30.2 Å². The Balaban J connectivity index is 1.35. The van der Waals surface area contributed by atoms with E-state index in [4.69, 9.17) is 19.7 Å². The number of aryl methyl sites for hydroxylation is 1. The molecule has 0 bridgehead atoms. The molecule has 1 aliphatic heterocycles. The van der Waals surface area contributed by atoms with Gasteiger partial charge in [-0.2, -0.15) is 0 Å². The molecule has 3 rings (SSSR count). The Morgan fingerprint density at radius 1 is 0.812 bits per heavy atom. The SMILES string of the molecule is CCCCCC1CCC(CCCCc2ccc(C3O[C@@H](C(=O)O)[C@H](C(=O)O)O3)cc2)CC1. The van der Waals surface area contributed by atoms with Crippen molar-refractivity contribution in [3.8, 4) is 0 Å². The Labute approximate surface area is 191 Å². The van der Waals surface area contributed by atoms with E-state index < -0.39 is 30.4 Å². The summed E-state index contributed by atoms with van der Waals surface area (Å²) in [7, 11) is 0. The van der Waals surface area contributed by atoms with Gasteiger partial charge in [0.25, 0.3) is 0 Å². The van der Waals surface area contributed by atoms with Crippen LogP contribution in [-0.4, -0.2) is 34.4 Å². The number of benzene rings is 1. The highest BCUT2D eigenvalue weighted by Crippen LogP contribution is 2.35. The van der Waals surface area contributed by atoms with Crippen molar-refractivity contribution in [2.24, 2.45) is 11.8 Å². The summed E-state index contributed by atoms with van der Waals surface area (Å²) in [6.45, 7) is 2.27. The van der Waals surface area contributed by atoms with E-state index in [1.54, 1.807) is 0 Å². The van der Waals surface area contributed by atoms with Crippen LogP contribution in [0.3, 0.4) is 0 Å². The molecule has 6 nitrogen and oxygen atoms in total. The molecular formula is C26H38O6. The molecule has 178 valence electrons. The first-order valence-corrected chi connectivity index (χ1v) is 12.3. The number of rotatable bonds is 12. The summed E-state index contributed by atoms with van der Waals surface area (Å²) in [5.41, 5.74) is 1.86. The maximum atomic E-state index is 11.2. The lowest BCUT2D eigenvalue weighted by atomic mass is 9.78. The van der Waals surface area contributed by atoms with E-state index in [1.807, 2.05) is 24.3 Å². The summed E-state index contributed by atoms with van der Waals surface area (Å²) < 4.78 is 10.6. The van der Waals surface area contributed by atoms with Crippen LogP contribution in [-0.2, 0) is 25.5 Å². The molecule has 2 N–H and O–H groups in total. The number of carboxylic acid groups (broad SMARTS) is 2. The number of carbonyl (C=O) groups is 2. The molecule has 0 aromatic heterocycles. The number of ether oxygens (including phenoxy) is 2. The fraction of sp³-hybridized carbons (Fsp3) is 0.692. The molecule has 1 aliphatic carbocycles. The number of hydrogen-bond acceptors (Lipinski definition) is 4. The van der Waals surface area contributed by atoms with Gasteiger partial charge in [0.05, 0.1) is 0 Å². The zero-order valence-corrected chi connectivity index (χ0v) is 19.2. The largest absolute Gasteiger partial charge is 0.479 e. The van der Waals surface area contributed by atoms with Gasteiger partial charge in [-0.1, -0.05) is 95.4 Å². The predicted molar refractivity (Wildman–Crippen MR) is 121 cm³/mol. The monoisotopic (exact) mass is 446 g/mol. The Hall–Kier alpha value is -1.92. The second kappa shape index (κ2) is 12.4. The van der Waals surface area contributed by atoms with Crippen molar-refractivity contribution < 1.29 is 29.3 Å². The van der Waals surface area contributed by atoms with Gasteiger partial charge in [-0.3, -0.25) is 0 Å². The minimum absolute atomic E-state index is 0.638. The average Bonchev–Trinajstić information content (AvgIpc) is 3.25.